The molecule has 1 fully saturated rings. The average molecular weight is 446 g/mol. The zero-order chi connectivity index (χ0) is 23.1. The first-order valence-electron chi connectivity index (χ1n) is 9.75. The Labute approximate surface area is 185 Å². The van der Waals surface area contributed by atoms with Gasteiger partial charge in [-0.2, -0.15) is 0 Å². The number of carbonyl (C=O) groups excluding carboxylic acids is 4. The molecule has 0 spiro atoms. The summed E-state index contributed by atoms with van der Waals surface area (Å²) in [5.74, 6) is -1.74. The van der Waals surface area contributed by atoms with Crippen molar-refractivity contribution in [3.63, 3.8) is 0 Å². The fourth-order valence-corrected chi connectivity index (χ4v) is 3.72. The lowest BCUT2D eigenvalue weighted by molar-refractivity contribution is -0.149. The number of halogens is 1. The average Bonchev–Trinajstić information content (AvgIpc) is 3.08. The highest BCUT2D eigenvalue weighted by Gasteiger charge is 2.45. The molecule has 164 valence electrons. The number of hydrogen-bond acceptors (Lipinski definition) is 5. The molecular formula is C22H24ClN3O5. The van der Waals surface area contributed by atoms with Crippen molar-refractivity contribution in [3.05, 3.63) is 52.3 Å². The van der Waals surface area contributed by atoms with Crippen molar-refractivity contribution >= 4 is 35.3 Å². The van der Waals surface area contributed by atoms with Crippen LogP contribution in [0.1, 0.15) is 42.5 Å². The SMILES string of the molecule is Cc1cc(C(=O)[C@H](C)OC(=O)CN2C(=O)NC(C)(C)C2=O)c(C)n1-c1ccc(Cl)cc1. The van der Waals surface area contributed by atoms with Gasteiger partial charge in [-0.3, -0.25) is 19.3 Å². The van der Waals surface area contributed by atoms with Gasteiger partial charge in [0.15, 0.2) is 6.10 Å². The first kappa shape index (κ1) is 22.6. The minimum absolute atomic E-state index is 0.376. The molecule has 0 bridgehead atoms. The number of urea groups is 1. The molecule has 1 aromatic carbocycles. The number of ketones is 1. The number of imide groups is 1. The van der Waals surface area contributed by atoms with Gasteiger partial charge in [-0.05, 0) is 65.0 Å². The maximum absolute atomic E-state index is 12.9. The number of Topliss-reactive ketones (excluding diaryl/α,β-unsaturated/α-hetero) is 1. The van der Waals surface area contributed by atoms with Crippen LogP contribution in [0.3, 0.4) is 0 Å². The molecule has 1 atom stereocenters. The highest BCUT2D eigenvalue weighted by Crippen LogP contribution is 2.24. The van der Waals surface area contributed by atoms with Crippen molar-refractivity contribution in [2.45, 2.75) is 46.3 Å². The highest BCUT2D eigenvalue weighted by molar-refractivity contribution is 6.30. The lowest BCUT2D eigenvalue weighted by atomic mass is 10.1. The van der Waals surface area contributed by atoms with Crippen molar-refractivity contribution in [1.29, 1.82) is 0 Å². The Morgan fingerprint density at radius 2 is 1.77 bits per heavy atom. The standard InChI is InChI=1S/C22H24ClN3O5/c1-12-10-17(13(2)26(12)16-8-6-15(23)7-9-16)19(28)14(3)31-18(27)11-25-20(29)22(4,5)24-21(25)30/h6-10,14H,11H2,1-5H3,(H,24,30)/t14-/m0/s1. The number of aryl methyl sites for hydroxylation is 1. The van der Waals surface area contributed by atoms with Crippen molar-refractivity contribution < 1.29 is 23.9 Å². The van der Waals surface area contributed by atoms with Crippen molar-refractivity contribution in [1.82, 2.24) is 14.8 Å². The molecule has 1 aliphatic rings. The molecule has 3 amide bonds. The van der Waals surface area contributed by atoms with Crippen LogP contribution in [0, 0.1) is 13.8 Å². The van der Waals surface area contributed by atoms with Crippen molar-refractivity contribution in [2.75, 3.05) is 6.54 Å². The van der Waals surface area contributed by atoms with E-state index in [2.05, 4.69) is 5.32 Å². The van der Waals surface area contributed by atoms with E-state index in [9.17, 15) is 19.2 Å². The molecule has 1 saturated heterocycles. The predicted molar refractivity (Wildman–Crippen MR) is 114 cm³/mol. The van der Waals surface area contributed by atoms with E-state index >= 15 is 0 Å². The Morgan fingerprint density at radius 1 is 1.16 bits per heavy atom. The van der Waals surface area contributed by atoms with E-state index < -0.39 is 36.1 Å². The molecule has 31 heavy (non-hydrogen) atoms. The lowest BCUT2D eigenvalue weighted by Gasteiger charge is -2.17. The van der Waals surface area contributed by atoms with E-state index in [-0.39, 0.29) is 5.78 Å². The maximum atomic E-state index is 12.9. The van der Waals surface area contributed by atoms with Gasteiger partial charge in [0.1, 0.15) is 12.1 Å². The van der Waals surface area contributed by atoms with E-state index in [1.165, 1.54) is 6.92 Å². The normalized spacial score (nSPS) is 16.3. The monoisotopic (exact) mass is 445 g/mol. The summed E-state index contributed by atoms with van der Waals surface area (Å²) in [7, 11) is 0. The van der Waals surface area contributed by atoms with Gasteiger partial charge in [-0.1, -0.05) is 11.6 Å². The molecule has 0 radical (unpaired) electrons. The quantitative estimate of drug-likeness (QED) is 0.418. The Hall–Kier alpha value is -3.13. The van der Waals surface area contributed by atoms with Gasteiger partial charge in [0.2, 0.25) is 5.78 Å². The first-order valence-corrected chi connectivity index (χ1v) is 10.1. The second-order valence-electron chi connectivity index (χ2n) is 8.04. The van der Waals surface area contributed by atoms with Crippen LogP contribution in [0.15, 0.2) is 30.3 Å². The Balaban J connectivity index is 1.73. The molecule has 2 heterocycles. The van der Waals surface area contributed by atoms with Gasteiger partial charge in [0.25, 0.3) is 5.91 Å². The fourth-order valence-electron chi connectivity index (χ4n) is 3.60. The van der Waals surface area contributed by atoms with Gasteiger partial charge in [-0.25, -0.2) is 4.79 Å². The number of nitrogens with zero attached hydrogens (tertiary/aromatic N) is 2. The lowest BCUT2D eigenvalue weighted by Crippen LogP contribution is -2.41. The second kappa shape index (κ2) is 8.19. The van der Waals surface area contributed by atoms with Gasteiger partial charge < -0.3 is 14.6 Å². The van der Waals surface area contributed by atoms with E-state index in [1.54, 1.807) is 39.0 Å². The number of amides is 3. The Bertz CT molecular complexity index is 1070. The third kappa shape index (κ3) is 4.34. The molecule has 0 saturated carbocycles. The van der Waals surface area contributed by atoms with E-state index in [0.29, 0.717) is 16.3 Å². The fraction of sp³-hybridized carbons (Fsp3) is 0.364. The number of nitrogens with one attached hydrogen (secondary N) is 1. The largest absolute Gasteiger partial charge is 0.453 e. The van der Waals surface area contributed by atoms with Crippen molar-refractivity contribution in [3.8, 4) is 5.69 Å². The molecule has 8 nitrogen and oxygen atoms in total. The molecule has 2 aromatic rings. The van der Waals surface area contributed by atoms with Gasteiger partial charge in [-0.15, -0.1) is 0 Å². The van der Waals surface area contributed by atoms with Gasteiger partial charge in [0.05, 0.1) is 0 Å². The van der Waals surface area contributed by atoms with E-state index in [0.717, 1.165) is 16.3 Å². The molecular weight excluding hydrogens is 422 g/mol. The minimum atomic E-state index is -1.09. The number of ether oxygens (including phenoxy) is 1. The summed E-state index contributed by atoms with van der Waals surface area (Å²) < 4.78 is 7.14. The smallest absolute Gasteiger partial charge is 0.326 e. The first-order chi connectivity index (χ1) is 14.4. The van der Waals surface area contributed by atoms with Gasteiger partial charge in [0, 0.05) is 27.7 Å². The molecule has 1 N–H and O–H groups in total. The molecule has 0 aliphatic carbocycles. The highest BCUT2D eigenvalue weighted by atomic mass is 35.5. The molecule has 0 unspecified atom stereocenters. The number of aromatic nitrogens is 1. The minimum Gasteiger partial charge on any atom is -0.453 e. The van der Waals surface area contributed by atoms with Crippen LogP contribution in [-0.2, 0) is 14.3 Å². The van der Waals surface area contributed by atoms with Crippen LogP contribution in [-0.4, -0.2) is 51.3 Å². The number of hydrogen-bond donors (Lipinski definition) is 1. The van der Waals surface area contributed by atoms with Crippen LogP contribution in [0.25, 0.3) is 5.69 Å². The number of carbonyl (C=O) groups is 4. The summed E-state index contributed by atoms with van der Waals surface area (Å²) in [6.45, 7) is 7.66. The summed E-state index contributed by atoms with van der Waals surface area (Å²) in [5.41, 5.74) is 1.72. The van der Waals surface area contributed by atoms with Crippen LogP contribution >= 0.6 is 11.6 Å². The second-order valence-corrected chi connectivity index (χ2v) is 8.48. The summed E-state index contributed by atoms with van der Waals surface area (Å²) in [4.78, 5) is 50.2. The van der Waals surface area contributed by atoms with E-state index in [1.807, 2.05) is 23.6 Å². The van der Waals surface area contributed by atoms with Crippen LogP contribution in [0.4, 0.5) is 4.79 Å². The summed E-state index contributed by atoms with van der Waals surface area (Å²) in [5, 5.41) is 3.10. The number of benzene rings is 1. The predicted octanol–water partition coefficient (Wildman–Crippen LogP) is 3.19. The molecule has 1 aromatic heterocycles. The zero-order valence-electron chi connectivity index (χ0n) is 18.0. The third-order valence-corrected chi connectivity index (χ3v) is 5.44. The third-order valence-electron chi connectivity index (χ3n) is 5.19. The number of rotatable bonds is 6. The summed E-state index contributed by atoms with van der Waals surface area (Å²) >= 11 is 5.96. The van der Waals surface area contributed by atoms with Crippen LogP contribution in [0.5, 0.6) is 0 Å². The Kier molecular flexibility index (Phi) is 5.96. The van der Waals surface area contributed by atoms with Gasteiger partial charge >= 0.3 is 12.0 Å². The summed E-state index contributed by atoms with van der Waals surface area (Å²) in [6, 6.07) is 8.28. The van der Waals surface area contributed by atoms with Crippen LogP contribution in [0.2, 0.25) is 5.02 Å². The van der Waals surface area contributed by atoms with Crippen molar-refractivity contribution in [2.24, 2.45) is 0 Å². The number of esters is 1. The van der Waals surface area contributed by atoms with E-state index in [4.69, 9.17) is 16.3 Å². The Morgan fingerprint density at radius 3 is 2.32 bits per heavy atom. The maximum Gasteiger partial charge on any atom is 0.326 e. The molecule has 1 aliphatic heterocycles. The van der Waals surface area contributed by atoms with Crippen LogP contribution < -0.4 is 5.32 Å². The molecule has 3 rings (SSSR count). The summed E-state index contributed by atoms with van der Waals surface area (Å²) in [6.07, 6.45) is -1.08. The molecule has 9 heteroatoms. The topological polar surface area (TPSA) is 97.7 Å². The zero-order valence-corrected chi connectivity index (χ0v) is 18.7.